The number of benzene rings is 2. The first-order valence-electron chi connectivity index (χ1n) is 8.38. The molecule has 3 heterocycles. The number of oxazole rings is 1. The number of nitrogens with zero attached hydrogens (tertiary/aromatic N) is 4. The largest absolute Gasteiger partial charge is 0.440 e. The summed E-state index contributed by atoms with van der Waals surface area (Å²) in [6.45, 7) is 0. The number of fused-ring (bicyclic) bond motifs is 2. The molecule has 0 bridgehead atoms. The molecular formula is C19H12FN5O2S. The fourth-order valence-corrected chi connectivity index (χ4v) is 3.56. The van der Waals surface area contributed by atoms with Crippen LogP contribution in [0.25, 0.3) is 27.8 Å². The first-order chi connectivity index (χ1) is 13.7. The minimum absolute atomic E-state index is 0.269. The molecule has 1 N–H and O–H groups in total. The number of aromatic amines is 1. The highest BCUT2D eigenvalue weighted by Crippen LogP contribution is 2.24. The van der Waals surface area contributed by atoms with Gasteiger partial charge in [0, 0.05) is 6.07 Å². The van der Waals surface area contributed by atoms with Crippen LogP contribution in [0.3, 0.4) is 0 Å². The van der Waals surface area contributed by atoms with Crippen molar-refractivity contribution in [2.45, 2.75) is 10.9 Å². The van der Waals surface area contributed by atoms with E-state index in [-0.39, 0.29) is 11.4 Å². The fraction of sp³-hybridized carbons (Fsp3) is 0.0526. The summed E-state index contributed by atoms with van der Waals surface area (Å²) in [6, 6.07) is 13.6. The van der Waals surface area contributed by atoms with Crippen molar-refractivity contribution in [3.63, 3.8) is 0 Å². The molecule has 0 amide bonds. The summed E-state index contributed by atoms with van der Waals surface area (Å²) in [7, 11) is 0. The Labute approximate surface area is 161 Å². The van der Waals surface area contributed by atoms with E-state index in [9.17, 15) is 9.18 Å². The summed E-state index contributed by atoms with van der Waals surface area (Å²) >= 11 is 1.27. The lowest BCUT2D eigenvalue weighted by atomic mass is 10.3. The normalized spacial score (nSPS) is 11.5. The number of hydrogen-bond donors (Lipinski definition) is 1. The van der Waals surface area contributed by atoms with Crippen LogP contribution in [-0.4, -0.2) is 24.7 Å². The monoisotopic (exact) mass is 393 g/mol. The van der Waals surface area contributed by atoms with E-state index in [1.165, 1.54) is 36.2 Å². The van der Waals surface area contributed by atoms with Gasteiger partial charge in [-0.25, -0.2) is 19.0 Å². The highest BCUT2D eigenvalue weighted by molar-refractivity contribution is 7.98. The number of H-pyrrole nitrogens is 1. The highest BCUT2D eigenvalue weighted by atomic mass is 32.2. The molecule has 9 heteroatoms. The van der Waals surface area contributed by atoms with Gasteiger partial charge in [0.15, 0.2) is 16.4 Å². The number of hydrogen-bond acceptors (Lipinski definition) is 6. The molecule has 3 aromatic heterocycles. The van der Waals surface area contributed by atoms with Crippen LogP contribution >= 0.6 is 11.8 Å². The standard InChI is InChI=1S/C19H12FN5O2S/c20-11-6-7-15-14(8-11)22-16(27-15)10-28-19-23-17-13(18(26)24-19)9-21-25(17)12-4-2-1-3-5-12/h1-9H,10H2,(H,23,24,26). The second-order valence-electron chi connectivity index (χ2n) is 6.01. The van der Waals surface area contributed by atoms with Crippen LogP contribution in [0, 0.1) is 5.82 Å². The molecule has 0 atom stereocenters. The number of thioether (sulfide) groups is 1. The summed E-state index contributed by atoms with van der Waals surface area (Å²) < 4.78 is 20.5. The average molecular weight is 393 g/mol. The van der Waals surface area contributed by atoms with Crippen molar-refractivity contribution in [1.29, 1.82) is 0 Å². The molecule has 2 aromatic carbocycles. The van der Waals surface area contributed by atoms with Gasteiger partial charge in [0.1, 0.15) is 16.7 Å². The lowest BCUT2D eigenvalue weighted by Gasteiger charge is -2.03. The first kappa shape index (κ1) is 16.7. The van der Waals surface area contributed by atoms with Crippen molar-refractivity contribution in [1.82, 2.24) is 24.7 Å². The van der Waals surface area contributed by atoms with Crippen LogP contribution in [0.4, 0.5) is 4.39 Å². The maximum atomic E-state index is 13.3. The third kappa shape index (κ3) is 2.95. The van der Waals surface area contributed by atoms with E-state index in [1.807, 2.05) is 30.3 Å². The molecule has 0 fully saturated rings. The second kappa shape index (κ2) is 6.61. The Morgan fingerprint density at radius 2 is 2.00 bits per heavy atom. The average Bonchev–Trinajstić information content (AvgIpc) is 3.30. The summed E-state index contributed by atoms with van der Waals surface area (Å²) in [5, 5.41) is 5.11. The van der Waals surface area contributed by atoms with Gasteiger partial charge in [-0.05, 0) is 24.3 Å². The van der Waals surface area contributed by atoms with E-state index in [0.29, 0.717) is 38.9 Å². The van der Waals surface area contributed by atoms with Gasteiger partial charge in [0.05, 0.1) is 17.6 Å². The molecule has 0 unspecified atom stereocenters. The quantitative estimate of drug-likeness (QED) is 0.370. The Hall–Kier alpha value is -3.46. The molecule has 0 saturated heterocycles. The van der Waals surface area contributed by atoms with Crippen molar-refractivity contribution in [2.75, 3.05) is 0 Å². The smallest absolute Gasteiger partial charge is 0.262 e. The van der Waals surface area contributed by atoms with Crippen LogP contribution < -0.4 is 5.56 Å². The zero-order valence-corrected chi connectivity index (χ0v) is 15.1. The Bertz CT molecular complexity index is 1360. The van der Waals surface area contributed by atoms with Crippen molar-refractivity contribution < 1.29 is 8.81 Å². The van der Waals surface area contributed by atoms with Crippen molar-refractivity contribution >= 4 is 33.9 Å². The van der Waals surface area contributed by atoms with Gasteiger partial charge in [0.25, 0.3) is 5.56 Å². The van der Waals surface area contributed by atoms with E-state index in [4.69, 9.17) is 4.42 Å². The first-order valence-corrected chi connectivity index (χ1v) is 9.37. The molecule has 0 aliphatic rings. The molecule has 0 aliphatic heterocycles. The van der Waals surface area contributed by atoms with Crippen LogP contribution in [0.2, 0.25) is 0 Å². The third-order valence-corrected chi connectivity index (χ3v) is 5.00. The Morgan fingerprint density at radius 3 is 2.86 bits per heavy atom. The minimum atomic E-state index is -0.370. The highest BCUT2D eigenvalue weighted by Gasteiger charge is 2.13. The van der Waals surface area contributed by atoms with E-state index in [1.54, 1.807) is 4.68 Å². The van der Waals surface area contributed by atoms with Crippen LogP contribution in [0.15, 0.2) is 69.1 Å². The predicted molar refractivity (Wildman–Crippen MR) is 103 cm³/mol. The number of nitrogens with one attached hydrogen (secondary N) is 1. The van der Waals surface area contributed by atoms with Crippen molar-refractivity contribution in [3.8, 4) is 5.69 Å². The summed E-state index contributed by atoms with van der Waals surface area (Å²) in [4.78, 5) is 23.9. The van der Waals surface area contributed by atoms with E-state index in [0.717, 1.165) is 5.69 Å². The maximum absolute atomic E-state index is 13.3. The zero-order chi connectivity index (χ0) is 19.1. The third-order valence-electron chi connectivity index (χ3n) is 4.14. The minimum Gasteiger partial charge on any atom is -0.440 e. The molecule has 0 spiro atoms. The Morgan fingerprint density at radius 1 is 1.14 bits per heavy atom. The number of para-hydroxylation sites is 1. The topological polar surface area (TPSA) is 89.6 Å². The van der Waals surface area contributed by atoms with Crippen molar-refractivity contribution in [3.05, 3.63) is 76.8 Å². The number of halogens is 1. The van der Waals surface area contributed by atoms with Gasteiger partial charge in [-0.3, -0.25) is 4.79 Å². The number of rotatable bonds is 4. The lowest BCUT2D eigenvalue weighted by Crippen LogP contribution is -2.09. The summed E-state index contributed by atoms with van der Waals surface area (Å²) in [6.07, 6.45) is 1.50. The molecule has 0 saturated carbocycles. The lowest BCUT2D eigenvalue weighted by molar-refractivity contribution is 0.555. The molecule has 0 radical (unpaired) electrons. The summed E-state index contributed by atoms with van der Waals surface area (Å²) in [5.74, 6) is 0.389. The molecule has 5 aromatic rings. The van der Waals surface area contributed by atoms with Gasteiger partial charge < -0.3 is 9.40 Å². The molecule has 0 aliphatic carbocycles. The molecular weight excluding hydrogens is 381 g/mol. The Kier molecular flexibility index (Phi) is 3.94. The van der Waals surface area contributed by atoms with Gasteiger partial charge in [-0.15, -0.1) is 0 Å². The fourth-order valence-electron chi connectivity index (χ4n) is 2.86. The second-order valence-corrected chi connectivity index (χ2v) is 6.97. The maximum Gasteiger partial charge on any atom is 0.262 e. The van der Waals surface area contributed by atoms with Gasteiger partial charge in [0.2, 0.25) is 5.89 Å². The molecule has 28 heavy (non-hydrogen) atoms. The molecule has 7 nitrogen and oxygen atoms in total. The van der Waals surface area contributed by atoms with Gasteiger partial charge in [-0.1, -0.05) is 30.0 Å². The van der Waals surface area contributed by atoms with Crippen LogP contribution in [0.1, 0.15) is 5.89 Å². The summed E-state index contributed by atoms with van der Waals surface area (Å²) in [5.41, 5.74) is 1.98. The van der Waals surface area contributed by atoms with E-state index in [2.05, 4.69) is 20.1 Å². The van der Waals surface area contributed by atoms with Gasteiger partial charge in [-0.2, -0.15) is 5.10 Å². The Balaban J connectivity index is 1.47. The van der Waals surface area contributed by atoms with E-state index >= 15 is 0 Å². The van der Waals surface area contributed by atoms with Crippen molar-refractivity contribution in [2.24, 2.45) is 0 Å². The van der Waals surface area contributed by atoms with E-state index < -0.39 is 0 Å². The number of aromatic nitrogens is 5. The molecule has 5 rings (SSSR count). The predicted octanol–water partition coefficient (Wildman–Crippen LogP) is 3.68. The zero-order valence-electron chi connectivity index (χ0n) is 14.3. The SMILES string of the molecule is O=c1[nH]c(SCc2nc3cc(F)ccc3o2)nc2c1cnn2-c1ccccc1. The van der Waals surface area contributed by atoms with Crippen LogP contribution in [-0.2, 0) is 5.75 Å². The van der Waals surface area contributed by atoms with Crippen LogP contribution in [0.5, 0.6) is 0 Å². The van der Waals surface area contributed by atoms with Gasteiger partial charge >= 0.3 is 0 Å². The molecule has 138 valence electrons.